The Labute approximate surface area is 85.2 Å². The summed E-state index contributed by atoms with van der Waals surface area (Å²) in [6.45, 7) is 6.48. The first-order valence-electron chi connectivity index (χ1n) is 4.46. The van der Waals surface area contributed by atoms with Crippen LogP contribution in [-0.2, 0) is 6.61 Å². The summed E-state index contributed by atoms with van der Waals surface area (Å²) in [6.07, 6.45) is 3.20. The van der Waals surface area contributed by atoms with Crippen LogP contribution in [0.4, 0.5) is 0 Å². The van der Waals surface area contributed by atoms with Crippen molar-refractivity contribution in [3.63, 3.8) is 0 Å². The fourth-order valence-electron chi connectivity index (χ4n) is 0.744. The van der Waals surface area contributed by atoms with Gasteiger partial charge in [-0.1, -0.05) is 19.6 Å². The summed E-state index contributed by atoms with van der Waals surface area (Å²) in [7, 11) is -1.35. The smallest absolute Gasteiger partial charge is 0.204 e. The molecule has 0 aromatic carbocycles. The lowest BCUT2D eigenvalue weighted by molar-refractivity contribution is 0.281. The van der Waals surface area contributed by atoms with E-state index in [9.17, 15) is 0 Å². The van der Waals surface area contributed by atoms with E-state index in [-0.39, 0.29) is 6.61 Å². The van der Waals surface area contributed by atoms with Crippen molar-refractivity contribution in [2.24, 2.45) is 0 Å². The van der Waals surface area contributed by atoms with Gasteiger partial charge in [0.15, 0.2) is 0 Å². The molecule has 0 aliphatic carbocycles. The van der Waals surface area contributed by atoms with E-state index in [4.69, 9.17) is 5.11 Å². The first-order chi connectivity index (χ1) is 6.51. The van der Waals surface area contributed by atoms with Gasteiger partial charge in [0.05, 0.1) is 6.61 Å². The van der Waals surface area contributed by atoms with Gasteiger partial charge in [-0.2, -0.15) is 0 Å². The zero-order valence-electron chi connectivity index (χ0n) is 8.70. The lowest BCUT2D eigenvalue weighted by Crippen LogP contribution is -2.16. The van der Waals surface area contributed by atoms with Gasteiger partial charge in [-0.15, -0.1) is 5.54 Å². The number of nitrogens with zero attached hydrogens (tertiary/aromatic N) is 2. The van der Waals surface area contributed by atoms with Crippen molar-refractivity contribution in [2.75, 3.05) is 0 Å². The average Bonchev–Trinajstić information content (AvgIpc) is 2.14. The van der Waals surface area contributed by atoms with Gasteiger partial charge in [0.25, 0.3) is 0 Å². The molecule has 0 saturated carbocycles. The van der Waals surface area contributed by atoms with Crippen LogP contribution in [0.5, 0.6) is 0 Å². The molecule has 0 aliphatic heterocycles. The van der Waals surface area contributed by atoms with Crippen LogP contribution in [0.3, 0.4) is 0 Å². The molecular weight excluding hydrogens is 192 g/mol. The van der Waals surface area contributed by atoms with E-state index in [0.29, 0.717) is 11.4 Å². The Bertz CT molecular complexity index is 356. The maximum Gasteiger partial charge on any atom is 0.204 e. The second-order valence-electron chi connectivity index (χ2n) is 4.07. The average molecular weight is 206 g/mol. The van der Waals surface area contributed by atoms with Crippen LogP contribution in [0, 0.1) is 11.5 Å². The minimum Gasteiger partial charge on any atom is -0.392 e. The monoisotopic (exact) mass is 206 g/mol. The van der Waals surface area contributed by atoms with E-state index < -0.39 is 8.07 Å². The molecule has 1 aromatic rings. The van der Waals surface area contributed by atoms with Gasteiger partial charge in [-0.25, -0.2) is 9.97 Å². The molecule has 0 unspecified atom stereocenters. The molecule has 1 N–H and O–H groups in total. The Morgan fingerprint density at radius 3 is 2.29 bits per heavy atom. The number of aromatic nitrogens is 2. The Morgan fingerprint density at radius 2 is 1.86 bits per heavy atom. The van der Waals surface area contributed by atoms with Gasteiger partial charge in [-0.3, -0.25) is 0 Å². The molecule has 0 aliphatic rings. The van der Waals surface area contributed by atoms with Crippen LogP contribution in [-0.4, -0.2) is 23.1 Å². The summed E-state index contributed by atoms with van der Waals surface area (Å²) in [4.78, 5) is 8.06. The molecular formula is C10H14N2OSi. The second kappa shape index (κ2) is 4.36. The van der Waals surface area contributed by atoms with Gasteiger partial charge in [-0.05, 0) is 5.92 Å². The van der Waals surface area contributed by atoms with Crippen molar-refractivity contribution in [1.29, 1.82) is 0 Å². The molecule has 0 fully saturated rings. The lowest BCUT2D eigenvalue weighted by atomic mass is 10.4. The highest BCUT2D eigenvalue weighted by Gasteiger charge is 2.07. The molecule has 1 aromatic heterocycles. The third-order valence-electron chi connectivity index (χ3n) is 1.44. The number of aliphatic hydroxyl groups excluding tert-OH is 1. The van der Waals surface area contributed by atoms with E-state index in [2.05, 4.69) is 41.1 Å². The van der Waals surface area contributed by atoms with Crippen molar-refractivity contribution >= 4 is 8.07 Å². The fourth-order valence-corrected chi connectivity index (χ4v) is 1.23. The predicted octanol–water partition coefficient (Wildman–Crippen LogP) is 1.20. The molecule has 1 heterocycles. The molecule has 0 saturated heterocycles. The quantitative estimate of drug-likeness (QED) is 0.555. The summed E-state index contributed by atoms with van der Waals surface area (Å²) >= 11 is 0. The van der Waals surface area contributed by atoms with Gasteiger partial charge in [0.1, 0.15) is 8.07 Å². The zero-order chi connectivity index (χ0) is 10.6. The Hall–Kier alpha value is -1.18. The third-order valence-corrected chi connectivity index (χ3v) is 2.31. The van der Waals surface area contributed by atoms with E-state index in [1.165, 1.54) is 0 Å². The standard InChI is InChI=1S/C10H14N2OSi/c1-14(2,3)5-4-10-11-6-9(8-13)7-12-10/h6-7,13H,8H2,1-3H3. The SMILES string of the molecule is C[Si](C)(C)C#Cc1ncc(CO)cn1. The lowest BCUT2D eigenvalue weighted by Gasteiger charge is -2.02. The molecule has 0 radical (unpaired) electrons. The number of hydrogen-bond acceptors (Lipinski definition) is 3. The van der Waals surface area contributed by atoms with E-state index >= 15 is 0 Å². The van der Waals surface area contributed by atoms with Gasteiger partial charge < -0.3 is 5.11 Å². The summed E-state index contributed by atoms with van der Waals surface area (Å²) in [5.74, 6) is 3.48. The minimum absolute atomic E-state index is 0.0261. The van der Waals surface area contributed by atoms with Crippen molar-refractivity contribution in [2.45, 2.75) is 26.2 Å². The van der Waals surface area contributed by atoms with Crippen molar-refractivity contribution < 1.29 is 5.11 Å². The maximum absolute atomic E-state index is 8.78. The highest BCUT2D eigenvalue weighted by Crippen LogP contribution is 1.98. The minimum atomic E-state index is -1.35. The van der Waals surface area contributed by atoms with Crippen LogP contribution in [0.25, 0.3) is 0 Å². The molecule has 1 rings (SSSR count). The molecule has 0 atom stereocenters. The van der Waals surface area contributed by atoms with Gasteiger partial charge in [0, 0.05) is 18.0 Å². The molecule has 3 nitrogen and oxygen atoms in total. The van der Waals surface area contributed by atoms with E-state index in [1.54, 1.807) is 12.4 Å². The van der Waals surface area contributed by atoms with Crippen LogP contribution in [0.15, 0.2) is 12.4 Å². The van der Waals surface area contributed by atoms with Crippen LogP contribution >= 0.6 is 0 Å². The number of rotatable bonds is 1. The fraction of sp³-hybridized carbons (Fsp3) is 0.400. The van der Waals surface area contributed by atoms with Crippen molar-refractivity contribution in [1.82, 2.24) is 9.97 Å². The summed E-state index contributed by atoms with van der Waals surface area (Å²) in [6, 6.07) is 0. The predicted molar refractivity (Wildman–Crippen MR) is 58.2 cm³/mol. The summed E-state index contributed by atoms with van der Waals surface area (Å²) in [5.41, 5.74) is 3.89. The van der Waals surface area contributed by atoms with Gasteiger partial charge >= 0.3 is 0 Å². The third kappa shape index (κ3) is 3.69. The summed E-state index contributed by atoms with van der Waals surface area (Å²) < 4.78 is 0. The Morgan fingerprint density at radius 1 is 1.29 bits per heavy atom. The Kier molecular flexibility index (Phi) is 3.39. The number of hydrogen-bond donors (Lipinski definition) is 1. The second-order valence-corrected chi connectivity index (χ2v) is 8.82. The zero-order valence-corrected chi connectivity index (χ0v) is 9.70. The highest BCUT2D eigenvalue weighted by molar-refractivity contribution is 6.83. The van der Waals surface area contributed by atoms with Crippen molar-refractivity contribution in [3.05, 3.63) is 23.8 Å². The normalized spacial score (nSPS) is 10.6. The Balaban J connectivity index is 2.82. The first kappa shape index (κ1) is 10.9. The molecule has 0 amide bonds. The largest absolute Gasteiger partial charge is 0.392 e. The highest BCUT2D eigenvalue weighted by atomic mass is 28.3. The van der Waals surface area contributed by atoms with Crippen LogP contribution < -0.4 is 0 Å². The first-order valence-corrected chi connectivity index (χ1v) is 7.96. The van der Waals surface area contributed by atoms with Crippen LogP contribution in [0.1, 0.15) is 11.4 Å². The molecule has 0 bridgehead atoms. The number of aliphatic hydroxyl groups is 1. The topological polar surface area (TPSA) is 46.0 Å². The van der Waals surface area contributed by atoms with Crippen molar-refractivity contribution in [3.8, 4) is 11.5 Å². The maximum atomic E-state index is 8.78. The van der Waals surface area contributed by atoms with E-state index in [1.807, 2.05) is 0 Å². The van der Waals surface area contributed by atoms with Crippen LogP contribution in [0.2, 0.25) is 19.6 Å². The molecule has 74 valence electrons. The summed E-state index contributed by atoms with van der Waals surface area (Å²) in [5, 5.41) is 8.78. The molecule has 0 spiro atoms. The van der Waals surface area contributed by atoms with E-state index in [0.717, 1.165) is 0 Å². The molecule has 14 heavy (non-hydrogen) atoms. The van der Waals surface area contributed by atoms with Gasteiger partial charge in [0.2, 0.25) is 5.82 Å². The molecule has 4 heteroatoms.